The van der Waals surface area contributed by atoms with E-state index in [1.807, 2.05) is 30.3 Å². The summed E-state index contributed by atoms with van der Waals surface area (Å²) in [6.07, 6.45) is 4.62. The van der Waals surface area contributed by atoms with Gasteiger partial charge in [-0.2, -0.15) is 0 Å². The SMILES string of the molecule is CCn1c(C(=O)NC2CCCC2)cc2oc3ccccc3c21. The summed E-state index contributed by atoms with van der Waals surface area (Å²) in [6, 6.07) is 10.2. The number of carbonyl (C=O) groups is 1. The minimum Gasteiger partial charge on any atom is -0.454 e. The van der Waals surface area contributed by atoms with Crippen LogP contribution in [-0.2, 0) is 6.54 Å². The molecule has 114 valence electrons. The third kappa shape index (κ3) is 2.02. The van der Waals surface area contributed by atoms with Crippen LogP contribution in [0.15, 0.2) is 34.7 Å². The summed E-state index contributed by atoms with van der Waals surface area (Å²) in [4.78, 5) is 12.6. The monoisotopic (exact) mass is 296 g/mol. The fourth-order valence-corrected chi connectivity index (χ4v) is 3.60. The molecule has 1 saturated carbocycles. The minimum atomic E-state index is 0.0178. The first-order valence-electron chi connectivity index (χ1n) is 8.09. The first kappa shape index (κ1) is 13.4. The van der Waals surface area contributed by atoms with Crippen molar-refractivity contribution in [2.45, 2.75) is 45.2 Å². The lowest BCUT2D eigenvalue weighted by molar-refractivity contribution is 0.0929. The Hall–Kier alpha value is -2.23. The van der Waals surface area contributed by atoms with Crippen LogP contribution >= 0.6 is 0 Å². The number of fused-ring (bicyclic) bond motifs is 3. The molecule has 1 aromatic carbocycles. The average molecular weight is 296 g/mol. The van der Waals surface area contributed by atoms with Gasteiger partial charge in [0.05, 0.1) is 5.52 Å². The van der Waals surface area contributed by atoms with E-state index in [9.17, 15) is 4.79 Å². The lowest BCUT2D eigenvalue weighted by Gasteiger charge is -2.13. The normalized spacial score (nSPS) is 15.9. The van der Waals surface area contributed by atoms with Crippen LogP contribution in [0.25, 0.3) is 22.1 Å². The van der Waals surface area contributed by atoms with Gasteiger partial charge in [0.1, 0.15) is 11.3 Å². The van der Waals surface area contributed by atoms with Gasteiger partial charge >= 0.3 is 0 Å². The van der Waals surface area contributed by atoms with E-state index < -0.39 is 0 Å². The second-order valence-corrected chi connectivity index (χ2v) is 6.04. The molecule has 2 heterocycles. The highest BCUT2D eigenvalue weighted by atomic mass is 16.3. The molecule has 0 atom stereocenters. The standard InChI is InChI=1S/C18H20N2O2/c1-2-20-14(18(21)19-12-7-3-4-8-12)11-16-17(20)13-9-5-6-10-15(13)22-16/h5-6,9-12H,2-4,7-8H2,1H3,(H,19,21). The molecule has 1 amide bonds. The van der Waals surface area contributed by atoms with Crippen molar-refractivity contribution in [2.24, 2.45) is 0 Å². The zero-order valence-corrected chi connectivity index (χ0v) is 12.8. The topological polar surface area (TPSA) is 47.2 Å². The van der Waals surface area contributed by atoms with Crippen molar-refractivity contribution in [1.29, 1.82) is 0 Å². The van der Waals surface area contributed by atoms with Crippen molar-refractivity contribution in [3.05, 3.63) is 36.0 Å². The summed E-state index contributed by atoms with van der Waals surface area (Å²) >= 11 is 0. The van der Waals surface area contributed by atoms with Gasteiger partial charge in [0.2, 0.25) is 0 Å². The number of hydrogen-bond acceptors (Lipinski definition) is 2. The summed E-state index contributed by atoms with van der Waals surface area (Å²) < 4.78 is 7.96. The van der Waals surface area contributed by atoms with Crippen LogP contribution < -0.4 is 5.32 Å². The number of aromatic nitrogens is 1. The molecular formula is C18H20N2O2. The summed E-state index contributed by atoms with van der Waals surface area (Å²) in [7, 11) is 0. The minimum absolute atomic E-state index is 0.0178. The van der Waals surface area contributed by atoms with Crippen LogP contribution in [-0.4, -0.2) is 16.5 Å². The van der Waals surface area contributed by atoms with Crippen LogP contribution in [0.4, 0.5) is 0 Å². The highest BCUT2D eigenvalue weighted by Gasteiger charge is 2.23. The van der Waals surface area contributed by atoms with E-state index in [2.05, 4.69) is 16.8 Å². The van der Waals surface area contributed by atoms with Gasteiger partial charge in [-0.25, -0.2) is 0 Å². The van der Waals surface area contributed by atoms with Crippen LogP contribution in [0.5, 0.6) is 0 Å². The van der Waals surface area contributed by atoms with Gasteiger partial charge in [0, 0.05) is 24.0 Å². The van der Waals surface area contributed by atoms with Crippen LogP contribution in [0.2, 0.25) is 0 Å². The smallest absolute Gasteiger partial charge is 0.268 e. The van der Waals surface area contributed by atoms with E-state index >= 15 is 0 Å². The molecule has 0 unspecified atom stereocenters. The largest absolute Gasteiger partial charge is 0.454 e. The molecule has 4 rings (SSSR count). The number of amides is 1. The molecule has 1 aliphatic rings. The Kier molecular flexibility index (Phi) is 3.17. The van der Waals surface area contributed by atoms with E-state index in [1.165, 1.54) is 12.8 Å². The number of benzene rings is 1. The molecule has 0 spiro atoms. The molecule has 0 bridgehead atoms. The number of rotatable bonds is 3. The van der Waals surface area contributed by atoms with Crippen molar-refractivity contribution in [3.63, 3.8) is 0 Å². The number of furan rings is 1. The Labute approximate surface area is 129 Å². The number of aryl methyl sites for hydroxylation is 1. The zero-order valence-electron chi connectivity index (χ0n) is 12.8. The molecule has 0 radical (unpaired) electrons. The van der Waals surface area contributed by atoms with Gasteiger partial charge in [-0.3, -0.25) is 4.79 Å². The molecule has 0 saturated heterocycles. The quantitative estimate of drug-likeness (QED) is 0.791. The highest BCUT2D eigenvalue weighted by Crippen LogP contribution is 2.31. The van der Waals surface area contributed by atoms with Gasteiger partial charge < -0.3 is 14.3 Å². The fraction of sp³-hybridized carbons (Fsp3) is 0.389. The second-order valence-electron chi connectivity index (χ2n) is 6.04. The Bertz CT molecular complexity index is 837. The molecule has 1 N–H and O–H groups in total. The van der Waals surface area contributed by atoms with Gasteiger partial charge in [0.15, 0.2) is 5.58 Å². The second kappa shape index (κ2) is 5.20. The van der Waals surface area contributed by atoms with E-state index in [4.69, 9.17) is 4.42 Å². The molecule has 0 aliphatic heterocycles. The van der Waals surface area contributed by atoms with Crippen LogP contribution in [0.3, 0.4) is 0 Å². The predicted octanol–water partition coefficient (Wildman–Crippen LogP) is 4.08. The fourth-order valence-electron chi connectivity index (χ4n) is 3.60. The molecule has 4 nitrogen and oxygen atoms in total. The highest BCUT2D eigenvalue weighted by molar-refractivity contribution is 6.07. The summed E-state index contributed by atoms with van der Waals surface area (Å²) in [5.74, 6) is 0.0178. The number of nitrogens with one attached hydrogen (secondary N) is 1. The Morgan fingerprint density at radius 2 is 2.05 bits per heavy atom. The first-order chi connectivity index (χ1) is 10.8. The summed E-state index contributed by atoms with van der Waals surface area (Å²) in [6.45, 7) is 2.81. The first-order valence-corrected chi connectivity index (χ1v) is 8.09. The van der Waals surface area contributed by atoms with E-state index in [0.29, 0.717) is 11.7 Å². The number of hydrogen-bond donors (Lipinski definition) is 1. The van der Waals surface area contributed by atoms with Gasteiger partial charge in [-0.05, 0) is 31.9 Å². The zero-order chi connectivity index (χ0) is 15.1. The van der Waals surface area contributed by atoms with Crippen molar-refractivity contribution >= 4 is 28.0 Å². The Morgan fingerprint density at radius 1 is 1.27 bits per heavy atom. The number of carbonyl (C=O) groups excluding carboxylic acids is 1. The third-order valence-corrected chi connectivity index (χ3v) is 4.66. The lowest BCUT2D eigenvalue weighted by Crippen LogP contribution is -2.33. The molecule has 1 fully saturated rings. The molecule has 22 heavy (non-hydrogen) atoms. The summed E-state index contributed by atoms with van der Waals surface area (Å²) in [5, 5.41) is 4.24. The molecular weight excluding hydrogens is 276 g/mol. The molecule has 3 aromatic rings. The van der Waals surface area contributed by atoms with Crippen molar-refractivity contribution in [1.82, 2.24) is 9.88 Å². The van der Waals surface area contributed by atoms with Gasteiger partial charge in [0.25, 0.3) is 5.91 Å². The van der Waals surface area contributed by atoms with E-state index in [1.54, 1.807) is 0 Å². The molecule has 2 aromatic heterocycles. The number of nitrogens with zero attached hydrogens (tertiary/aromatic N) is 1. The van der Waals surface area contributed by atoms with Crippen molar-refractivity contribution in [3.8, 4) is 0 Å². The van der Waals surface area contributed by atoms with Gasteiger partial charge in [-0.1, -0.05) is 25.0 Å². The third-order valence-electron chi connectivity index (χ3n) is 4.66. The molecule has 4 heteroatoms. The predicted molar refractivity (Wildman–Crippen MR) is 87.1 cm³/mol. The average Bonchev–Trinajstić information content (AvgIpc) is 3.21. The van der Waals surface area contributed by atoms with E-state index in [0.717, 1.165) is 41.5 Å². The maximum Gasteiger partial charge on any atom is 0.268 e. The Balaban J connectivity index is 1.78. The maximum absolute atomic E-state index is 12.6. The van der Waals surface area contributed by atoms with Crippen LogP contribution in [0, 0.1) is 0 Å². The lowest BCUT2D eigenvalue weighted by atomic mass is 10.2. The molecule has 1 aliphatic carbocycles. The van der Waals surface area contributed by atoms with Crippen molar-refractivity contribution < 1.29 is 9.21 Å². The Morgan fingerprint density at radius 3 is 2.82 bits per heavy atom. The summed E-state index contributed by atoms with van der Waals surface area (Å²) in [5.41, 5.74) is 3.39. The van der Waals surface area contributed by atoms with E-state index in [-0.39, 0.29) is 5.91 Å². The van der Waals surface area contributed by atoms with Crippen molar-refractivity contribution in [2.75, 3.05) is 0 Å². The van der Waals surface area contributed by atoms with Gasteiger partial charge in [-0.15, -0.1) is 0 Å². The van der Waals surface area contributed by atoms with Crippen LogP contribution in [0.1, 0.15) is 43.1 Å². The number of para-hydroxylation sites is 1. The maximum atomic E-state index is 12.6.